The molecule has 1 N–H and O–H groups in total. The fraction of sp³-hybridized carbons (Fsp3) is 0.647. The maximum atomic E-state index is 11.9. The van der Waals surface area contributed by atoms with E-state index in [1.54, 1.807) is 19.0 Å². The molecule has 0 unspecified atom stereocenters. The van der Waals surface area contributed by atoms with Crippen molar-refractivity contribution in [3.05, 3.63) is 18.0 Å². The van der Waals surface area contributed by atoms with Gasteiger partial charge in [-0.2, -0.15) is 4.37 Å². The molecule has 0 atom stereocenters. The van der Waals surface area contributed by atoms with Gasteiger partial charge in [0.05, 0.1) is 0 Å². The summed E-state index contributed by atoms with van der Waals surface area (Å²) in [6.45, 7) is 12.1. The highest BCUT2D eigenvalue weighted by Crippen LogP contribution is 2.19. The number of halogens is 1. The number of anilines is 1. The lowest BCUT2D eigenvalue weighted by Gasteiger charge is -2.36. The number of aromatic nitrogens is 2. The second-order valence-electron chi connectivity index (χ2n) is 6.56. The van der Waals surface area contributed by atoms with Crippen molar-refractivity contribution in [2.24, 2.45) is 4.99 Å². The van der Waals surface area contributed by atoms with Gasteiger partial charge in [0.1, 0.15) is 12.4 Å². The molecule has 0 aliphatic carbocycles. The minimum Gasteiger partial charge on any atom is -0.352 e. The van der Waals surface area contributed by atoms with Crippen LogP contribution in [0.15, 0.2) is 17.1 Å². The van der Waals surface area contributed by atoms with Crippen LogP contribution < -0.4 is 10.2 Å². The first-order valence-electron chi connectivity index (χ1n) is 8.86. The van der Waals surface area contributed by atoms with Gasteiger partial charge in [-0.15, -0.1) is 24.0 Å². The predicted molar refractivity (Wildman–Crippen MR) is 122 cm³/mol. The van der Waals surface area contributed by atoms with Crippen molar-refractivity contribution in [3.63, 3.8) is 0 Å². The molecule has 1 aliphatic rings. The van der Waals surface area contributed by atoms with E-state index >= 15 is 0 Å². The zero-order chi connectivity index (χ0) is 19.1. The van der Waals surface area contributed by atoms with Crippen molar-refractivity contribution in [2.75, 3.05) is 58.3 Å². The zero-order valence-electron chi connectivity index (χ0n) is 16.6. The summed E-state index contributed by atoms with van der Waals surface area (Å²) in [7, 11) is 3.48. The van der Waals surface area contributed by atoms with Gasteiger partial charge in [-0.3, -0.25) is 4.79 Å². The molecule has 8 nitrogen and oxygen atoms in total. The Morgan fingerprint density at radius 1 is 1.33 bits per heavy atom. The van der Waals surface area contributed by atoms with Crippen molar-refractivity contribution in [2.45, 2.75) is 20.3 Å². The summed E-state index contributed by atoms with van der Waals surface area (Å²) in [6.07, 6.45) is 0.859. The highest BCUT2D eigenvalue weighted by molar-refractivity contribution is 14.0. The molecule has 0 bridgehead atoms. The van der Waals surface area contributed by atoms with Crippen LogP contribution in [-0.2, 0) is 11.2 Å². The number of hydrogen-bond acceptors (Lipinski definition) is 6. The average molecular weight is 507 g/mol. The Bertz CT molecular complexity index is 653. The van der Waals surface area contributed by atoms with Gasteiger partial charge in [-0.05, 0) is 6.92 Å². The molecule has 1 aromatic heterocycles. The fourth-order valence-corrected chi connectivity index (χ4v) is 3.21. The molecule has 152 valence electrons. The van der Waals surface area contributed by atoms with E-state index in [1.807, 2.05) is 6.92 Å². The van der Waals surface area contributed by atoms with Gasteiger partial charge in [0.15, 0.2) is 5.96 Å². The first kappa shape index (κ1) is 23.6. The van der Waals surface area contributed by atoms with Gasteiger partial charge in [-0.1, -0.05) is 19.1 Å². The number of aryl methyl sites for hydroxylation is 1. The summed E-state index contributed by atoms with van der Waals surface area (Å²) in [5.41, 5.74) is 1.02. The number of carbonyl (C=O) groups excluding carboxylic acids is 1. The van der Waals surface area contributed by atoms with Crippen LogP contribution >= 0.6 is 35.5 Å². The summed E-state index contributed by atoms with van der Waals surface area (Å²) in [4.78, 5) is 26.9. The summed E-state index contributed by atoms with van der Waals surface area (Å²) < 4.78 is 4.37. The van der Waals surface area contributed by atoms with Crippen LogP contribution in [0.5, 0.6) is 0 Å². The van der Waals surface area contributed by atoms with Crippen molar-refractivity contribution >= 4 is 52.5 Å². The molecule has 1 fully saturated rings. The lowest BCUT2D eigenvalue weighted by Crippen LogP contribution is -2.53. The molecule has 1 saturated heterocycles. The number of carbonyl (C=O) groups is 1. The topological polar surface area (TPSA) is 77.0 Å². The summed E-state index contributed by atoms with van der Waals surface area (Å²) in [5, 5.41) is 4.30. The van der Waals surface area contributed by atoms with Crippen molar-refractivity contribution < 1.29 is 4.79 Å². The quantitative estimate of drug-likeness (QED) is 0.272. The molecule has 2 heterocycles. The van der Waals surface area contributed by atoms with Crippen molar-refractivity contribution in [1.82, 2.24) is 24.5 Å². The molecule has 0 radical (unpaired) electrons. The normalized spacial score (nSPS) is 14.6. The van der Waals surface area contributed by atoms with Crippen LogP contribution in [0.3, 0.4) is 0 Å². The number of aliphatic imine (C=N–C) groups is 1. The second kappa shape index (κ2) is 11.4. The maximum absolute atomic E-state index is 11.9. The number of likely N-dealkylation sites (N-methyl/N-ethyl adjacent to an activating group) is 1. The molecular formula is C17H30IN7OS. The minimum atomic E-state index is -0.0146. The van der Waals surface area contributed by atoms with Crippen LogP contribution in [-0.4, -0.2) is 84.4 Å². The zero-order valence-corrected chi connectivity index (χ0v) is 19.7. The van der Waals surface area contributed by atoms with E-state index < -0.39 is 0 Å². The average Bonchev–Trinajstić information content (AvgIpc) is 3.10. The Hall–Kier alpha value is -1.43. The van der Waals surface area contributed by atoms with Crippen LogP contribution in [0.2, 0.25) is 0 Å². The first-order chi connectivity index (χ1) is 12.4. The number of piperazine rings is 1. The van der Waals surface area contributed by atoms with Gasteiger partial charge in [0.25, 0.3) is 0 Å². The number of nitrogens with zero attached hydrogens (tertiary/aromatic N) is 6. The van der Waals surface area contributed by atoms with Gasteiger partial charge in [0.2, 0.25) is 11.0 Å². The van der Waals surface area contributed by atoms with E-state index in [1.165, 1.54) is 11.5 Å². The van der Waals surface area contributed by atoms with Crippen LogP contribution in [0.25, 0.3) is 0 Å². The van der Waals surface area contributed by atoms with Gasteiger partial charge in [0, 0.05) is 64.8 Å². The van der Waals surface area contributed by atoms with E-state index in [0.717, 1.165) is 55.1 Å². The first-order valence-corrected chi connectivity index (χ1v) is 9.63. The Balaban J connectivity index is 0.00000364. The number of amides is 1. The summed E-state index contributed by atoms with van der Waals surface area (Å²) in [5.74, 6) is 1.65. The molecule has 0 saturated carbocycles. The highest BCUT2D eigenvalue weighted by atomic mass is 127. The third kappa shape index (κ3) is 7.24. The molecule has 2 rings (SSSR count). The molecule has 0 spiro atoms. The van der Waals surface area contributed by atoms with Gasteiger partial charge in [-0.25, -0.2) is 9.98 Å². The Labute approximate surface area is 182 Å². The number of rotatable bonds is 6. The number of hydrogen-bond donors (Lipinski definition) is 1. The number of nitrogens with one attached hydrogen (secondary N) is 1. The monoisotopic (exact) mass is 507 g/mol. The number of guanidine groups is 1. The molecule has 27 heavy (non-hydrogen) atoms. The molecule has 1 amide bonds. The molecule has 0 aromatic carbocycles. The van der Waals surface area contributed by atoms with Crippen LogP contribution in [0.4, 0.5) is 5.13 Å². The smallest absolute Gasteiger partial charge is 0.243 e. The second-order valence-corrected chi connectivity index (χ2v) is 7.29. The summed E-state index contributed by atoms with van der Waals surface area (Å²) in [6, 6.07) is 0. The van der Waals surface area contributed by atoms with Crippen LogP contribution in [0.1, 0.15) is 19.7 Å². The minimum absolute atomic E-state index is 0. The third-order valence-electron chi connectivity index (χ3n) is 4.03. The van der Waals surface area contributed by atoms with E-state index in [2.05, 4.69) is 43.0 Å². The predicted octanol–water partition coefficient (Wildman–Crippen LogP) is 1.45. The third-order valence-corrected chi connectivity index (χ3v) is 4.85. The highest BCUT2D eigenvalue weighted by Gasteiger charge is 2.22. The van der Waals surface area contributed by atoms with E-state index in [-0.39, 0.29) is 36.4 Å². The molecule has 1 aromatic rings. The van der Waals surface area contributed by atoms with Crippen LogP contribution in [0, 0.1) is 0 Å². The Morgan fingerprint density at radius 2 is 2.00 bits per heavy atom. The Morgan fingerprint density at radius 3 is 2.52 bits per heavy atom. The van der Waals surface area contributed by atoms with Gasteiger partial charge < -0.3 is 20.0 Å². The lowest BCUT2D eigenvalue weighted by molar-refractivity contribution is -0.127. The standard InChI is InChI=1S/C17H29N7OS.HI/c1-6-14-20-17(26-21-14)24-9-7-23(8-10-24)16(18-11-13(2)3)19-12-15(25)22(4)5;/h2,6-12H2,1,3-5H3,(H,18,19);1H. The Kier molecular flexibility index (Phi) is 9.99. The molecule has 1 aliphatic heterocycles. The molecule has 10 heteroatoms. The largest absolute Gasteiger partial charge is 0.352 e. The van der Waals surface area contributed by atoms with Gasteiger partial charge >= 0.3 is 0 Å². The SMILES string of the molecule is C=C(C)CNC(=NCC(=O)N(C)C)N1CCN(c2nc(CC)ns2)CC1.I. The maximum Gasteiger partial charge on any atom is 0.243 e. The fourth-order valence-electron chi connectivity index (χ4n) is 2.41. The van der Waals surface area contributed by atoms with E-state index in [0.29, 0.717) is 6.54 Å². The van der Waals surface area contributed by atoms with Crippen molar-refractivity contribution in [1.29, 1.82) is 0 Å². The van der Waals surface area contributed by atoms with E-state index in [4.69, 9.17) is 0 Å². The lowest BCUT2D eigenvalue weighted by atomic mass is 10.3. The summed E-state index contributed by atoms with van der Waals surface area (Å²) >= 11 is 1.46. The van der Waals surface area contributed by atoms with E-state index in [9.17, 15) is 4.79 Å². The molecular weight excluding hydrogens is 477 g/mol. The van der Waals surface area contributed by atoms with Crippen molar-refractivity contribution in [3.8, 4) is 0 Å².